The minimum Gasteiger partial charge on any atom is -0.418 e. The van der Waals surface area contributed by atoms with Crippen molar-refractivity contribution in [2.45, 2.75) is 0 Å². The third-order valence-electron chi connectivity index (χ3n) is 1.88. The zero-order valence-corrected chi connectivity index (χ0v) is 12.5. The molecule has 1 aliphatic rings. The molecule has 0 atom stereocenters. The fourth-order valence-corrected chi connectivity index (χ4v) is 2.66. The van der Waals surface area contributed by atoms with Crippen LogP contribution in [0.1, 0.15) is 0 Å². The molecule has 0 saturated carbocycles. The molecule has 1 aliphatic heterocycles. The zero-order chi connectivity index (χ0) is 11.7. The minimum atomic E-state index is -0.519. The van der Waals surface area contributed by atoms with Crippen LogP contribution in [0.2, 0.25) is 0 Å². The molecule has 0 unspecified atom stereocenters. The van der Waals surface area contributed by atoms with E-state index in [1.165, 1.54) is 0 Å². The summed E-state index contributed by atoms with van der Waals surface area (Å²) in [5, 5.41) is 3.12. The molecule has 0 aliphatic carbocycles. The lowest BCUT2D eigenvalue weighted by Crippen LogP contribution is -2.12. The highest BCUT2D eigenvalue weighted by molar-refractivity contribution is 9.18. The maximum atomic E-state index is 10.7. The second-order valence-corrected chi connectivity index (χ2v) is 5.20. The molecular weight excluding hydrogens is 408 g/mol. The van der Waals surface area contributed by atoms with E-state index in [4.69, 9.17) is 4.74 Å². The van der Waals surface area contributed by atoms with Crippen molar-refractivity contribution >= 4 is 64.3 Å². The normalized spacial score (nSPS) is 13.7. The number of anilines is 2. The topological polar surface area (TPSA) is 41.6 Å². The van der Waals surface area contributed by atoms with Crippen LogP contribution in [0.5, 0.6) is 5.75 Å². The number of ether oxygens (including phenoxy) is 1. The largest absolute Gasteiger partial charge is 0.418 e. The van der Waals surface area contributed by atoms with Crippen molar-refractivity contribution in [1.82, 2.24) is 0 Å². The summed E-state index contributed by atoms with van der Waals surface area (Å²) in [6, 6.07) is 5.27. The van der Waals surface area contributed by atoms with Crippen molar-refractivity contribution in [2.24, 2.45) is 0 Å². The number of carbonyl (C=O) groups excluding carboxylic acids is 1. The third-order valence-corrected chi connectivity index (χ3v) is 3.03. The second-order valence-electron chi connectivity index (χ2n) is 2.93. The van der Waals surface area contributed by atoms with E-state index in [9.17, 15) is 4.79 Å². The van der Waals surface area contributed by atoms with E-state index in [0.29, 0.717) is 5.75 Å². The Morgan fingerprint density at radius 3 is 2.88 bits per heavy atom. The van der Waals surface area contributed by atoms with Crippen LogP contribution in [-0.4, -0.2) is 4.88 Å². The molecule has 0 radical (unpaired) electrons. The van der Waals surface area contributed by atoms with Crippen molar-refractivity contribution in [3.05, 3.63) is 29.0 Å². The van der Waals surface area contributed by atoms with E-state index in [-0.39, 0.29) is 0 Å². The van der Waals surface area contributed by atoms with Gasteiger partial charge in [-0.2, -0.15) is 0 Å². The van der Waals surface area contributed by atoms with E-state index < -0.39 is 4.88 Å². The Hall–Kier alpha value is -0.530. The summed E-state index contributed by atoms with van der Waals surface area (Å²) in [6.07, 6.45) is 1.81. The number of halogens is 3. The van der Waals surface area contributed by atoms with E-state index in [0.717, 1.165) is 16.0 Å². The number of benzene rings is 1. The fourth-order valence-electron chi connectivity index (χ4n) is 1.28. The molecule has 84 valence electrons. The van der Waals surface area contributed by atoms with Crippen LogP contribution in [0.3, 0.4) is 0 Å². The highest BCUT2D eigenvalue weighted by Gasteiger charge is 2.15. The quantitative estimate of drug-likeness (QED) is 0.424. The molecule has 0 spiro atoms. The molecular formula is C9H5Br3N2O2. The van der Waals surface area contributed by atoms with Crippen molar-refractivity contribution in [1.29, 1.82) is 0 Å². The Kier molecular flexibility index (Phi) is 3.56. The van der Waals surface area contributed by atoms with Crippen molar-refractivity contribution < 1.29 is 9.53 Å². The van der Waals surface area contributed by atoms with Gasteiger partial charge in [0.2, 0.25) is 0 Å². The molecule has 4 nitrogen and oxygen atoms in total. The highest BCUT2D eigenvalue weighted by Crippen LogP contribution is 2.37. The first kappa shape index (κ1) is 11.9. The van der Waals surface area contributed by atoms with Crippen molar-refractivity contribution in [3.8, 4) is 5.75 Å². The number of hydrogen-bond acceptors (Lipinski definition) is 4. The standard InChI is InChI=1S/C9H5Br3N2O2/c10-8-4-14(12)7-3-5(16-9(11)15)1-2-6(7)13-8/h1-4,13H. The van der Waals surface area contributed by atoms with E-state index in [1.807, 2.05) is 12.3 Å². The number of fused-ring (bicyclic) bond motifs is 1. The molecule has 0 saturated heterocycles. The van der Waals surface area contributed by atoms with Gasteiger partial charge in [0.15, 0.2) is 0 Å². The summed E-state index contributed by atoms with van der Waals surface area (Å²) < 4.78 is 7.51. The molecule has 0 aromatic heterocycles. The molecule has 0 bridgehead atoms. The van der Waals surface area contributed by atoms with Gasteiger partial charge in [0.25, 0.3) is 0 Å². The van der Waals surface area contributed by atoms with Crippen LogP contribution in [0.15, 0.2) is 29.0 Å². The fraction of sp³-hybridized carbons (Fsp3) is 0. The molecule has 1 aromatic carbocycles. The third kappa shape index (κ3) is 2.58. The Morgan fingerprint density at radius 2 is 2.19 bits per heavy atom. The van der Waals surface area contributed by atoms with Crippen LogP contribution in [0, 0.1) is 0 Å². The van der Waals surface area contributed by atoms with Gasteiger partial charge < -0.3 is 10.1 Å². The number of hydrogen-bond donors (Lipinski definition) is 1. The first-order valence-electron chi connectivity index (χ1n) is 4.17. The maximum Gasteiger partial charge on any atom is 0.379 e. The monoisotopic (exact) mass is 410 g/mol. The molecule has 1 heterocycles. The Morgan fingerprint density at radius 1 is 1.44 bits per heavy atom. The summed E-state index contributed by atoms with van der Waals surface area (Å²) in [4.78, 5) is 10.2. The summed E-state index contributed by atoms with van der Waals surface area (Å²) in [6.45, 7) is 0. The zero-order valence-electron chi connectivity index (χ0n) is 7.71. The SMILES string of the molecule is O=C(Br)Oc1ccc2c(c1)N(Br)C=C(Br)N2. The minimum absolute atomic E-state index is 0.471. The molecule has 16 heavy (non-hydrogen) atoms. The number of rotatable bonds is 1. The lowest BCUT2D eigenvalue weighted by atomic mass is 10.2. The number of carbonyl (C=O) groups is 1. The van der Waals surface area contributed by atoms with Gasteiger partial charge in [0.1, 0.15) is 5.75 Å². The summed E-state index contributed by atoms with van der Waals surface area (Å²) in [5.74, 6) is 0.471. The van der Waals surface area contributed by atoms with Crippen LogP contribution < -0.4 is 14.0 Å². The summed E-state index contributed by atoms with van der Waals surface area (Å²) in [5.41, 5.74) is 1.76. The molecule has 2 rings (SSSR count). The maximum absolute atomic E-state index is 10.7. The van der Waals surface area contributed by atoms with Crippen LogP contribution in [0.25, 0.3) is 0 Å². The van der Waals surface area contributed by atoms with Crippen LogP contribution in [-0.2, 0) is 0 Å². The average Bonchev–Trinajstić information content (AvgIpc) is 2.18. The van der Waals surface area contributed by atoms with Gasteiger partial charge in [0.05, 0.1) is 32.1 Å². The van der Waals surface area contributed by atoms with E-state index in [2.05, 4.69) is 53.3 Å². The lowest BCUT2D eigenvalue weighted by Gasteiger charge is -2.23. The van der Waals surface area contributed by atoms with Gasteiger partial charge >= 0.3 is 4.88 Å². The predicted octanol–water partition coefficient (Wildman–Crippen LogP) is 4.32. The second kappa shape index (κ2) is 4.77. The number of nitrogens with zero attached hydrogens (tertiary/aromatic N) is 1. The molecule has 0 fully saturated rings. The van der Waals surface area contributed by atoms with E-state index >= 15 is 0 Å². The average molecular weight is 413 g/mol. The lowest BCUT2D eigenvalue weighted by molar-refractivity contribution is 0.228. The van der Waals surface area contributed by atoms with E-state index in [1.54, 1.807) is 16.1 Å². The van der Waals surface area contributed by atoms with Gasteiger partial charge in [-0.05, 0) is 28.1 Å². The van der Waals surface area contributed by atoms with Gasteiger partial charge in [0, 0.05) is 28.2 Å². The van der Waals surface area contributed by atoms with Crippen LogP contribution in [0.4, 0.5) is 16.2 Å². The van der Waals surface area contributed by atoms with Crippen LogP contribution >= 0.6 is 48.0 Å². The van der Waals surface area contributed by atoms with Gasteiger partial charge in [-0.3, -0.25) is 3.93 Å². The predicted molar refractivity (Wildman–Crippen MR) is 73.4 cm³/mol. The Labute approximate surface area is 117 Å². The van der Waals surface area contributed by atoms with Crippen molar-refractivity contribution in [2.75, 3.05) is 9.24 Å². The molecule has 7 heteroatoms. The first-order chi connectivity index (χ1) is 7.56. The van der Waals surface area contributed by atoms with Gasteiger partial charge in [-0.25, -0.2) is 4.79 Å². The van der Waals surface area contributed by atoms with Gasteiger partial charge in [-0.1, -0.05) is 0 Å². The highest BCUT2D eigenvalue weighted by atomic mass is 79.9. The Bertz CT molecular complexity index is 476. The Balaban J connectivity index is 2.34. The first-order valence-corrected chi connectivity index (χ1v) is 6.46. The summed E-state index contributed by atoms with van der Waals surface area (Å²) in [7, 11) is 0. The number of nitrogens with one attached hydrogen (secondary N) is 1. The van der Waals surface area contributed by atoms with Crippen molar-refractivity contribution in [3.63, 3.8) is 0 Å². The summed E-state index contributed by atoms with van der Waals surface area (Å²) >= 11 is 9.42. The van der Waals surface area contributed by atoms with Gasteiger partial charge in [-0.15, -0.1) is 0 Å². The molecule has 0 amide bonds. The smallest absolute Gasteiger partial charge is 0.379 e. The molecule has 1 aromatic rings. The molecule has 1 N–H and O–H groups in total.